The van der Waals surface area contributed by atoms with Crippen LogP contribution in [-0.2, 0) is 0 Å². The van der Waals surface area contributed by atoms with E-state index in [1.807, 2.05) is 12.1 Å². The van der Waals surface area contributed by atoms with E-state index in [1.54, 1.807) is 13.2 Å². The molecule has 0 aromatic heterocycles. The van der Waals surface area contributed by atoms with E-state index in [0.717, 1.165) is 4.47 Å². The molecule has 0 aliphatic rings. The van der Waals surface area contributed by atoms with Gasteiger partial charge in [-0.25, -0.2) is 0 Å². The Labute approximate surface area is 84.6 Å². The number of ether oxygens (including phenoxy) is 1. The third-order valence-corrected chi connectivity index (χ3v) is 1.69. The van der Waals surface area contributed by atoms with Gasteiger partial charge in [-0.05, 0) is 18.2 Å². The minimum atomic E-state index is 0. The monoisotopic (exact) mass is 281 g/mol. The molecule has 1 aromatic carbocycles. The molecule has 0 fully saturated rings. The van der Waals surface area contributed by atoms with Crippen LogP contribution >= 0.6 is 32.9 Å². The van der Waals surface area contributed by atoms with Crippen molar-refractivity contribution in [3.63, 3.8) is 0 Å². The van der Waals surface area contributed by atoms with Crippen molar-refractivity contribution in [3.05, 3.63) is 22.7 Å². The van der Waals surface area contributed by atoms with E-state index in [-0.39, 0.29) is 17.0 Å². The van der Waals surface area contributed by atoms with Gasteiger partial charge in [0, 0.05) is 4.47 Å². The summed E-state index contributed by atoms with van der Waals surface area (Å²) in [7, 11) is 1.60. The predicted molar refractivity (Wildman–Crippen MR) is 55.4 cm³/mol. The molecule has 0 bridgehead atoms. The minimum Gasteiger partial charge on any atom is -0.495 e. The van der Waals surface area contributed by atoms with Crippen molar-refractivity contribution in [2.75, 3.05) is 12.8 Å². The summed E-state index contributed by atoms with van der Waals surface area (Å²) in [4.78, 5) is 0. The molecule has 0 atom stereocenters. The molecule has 0 amide bonds. The predicted octanol–water partition coefficient (Wildman–Crippen LogP) is 2.62. The topological polar surface area (TPSA) is 35.2 Å². The maximum atomic E-state index is 5.55. The summed E-state index contributed by atoms with van der Waals surface area (Å²) >= 11 is 3.30. The van der Waals surface area contributed by atoms with Crippen molar-refractivity contribution in [2.24, 2.45) is 0 Å². The first kappa shape index (κ1) is 10.8. The Kier molecular flexibility index (Phi) is 4.52. The van der Waals surface area contributed by atoms with Crippen molar-refractivity contribution in [1.29, 1.82) is 0 Å². The second kappa shape index (κ2) is 4.62. The molecule has 0 radical (unpaired) electrons. The first-order valence-electron chi connectivity index (χ1n) is 2.83. The van der Waals surface area contributed by atoms with Crippen LogP contribution in [0.3, 0.4) is 0 Å². The van der Waals surface area contributed by atoms with E-state index in [0.29, 0.717) is 11.4 Å². The molecule has 11 heavy (non-hydrogen) atoms. The van der Waals surface area contributed by atoms with E-state index in [4.69, 9.17) is 10.5 Å². The minimum absolute atomic E-state index is 0. The molecule has 2 N–H and O–H groups in total. The molecule has 2 nitrogen and oxygen atoms in total. The van der Waals surface area contributed by atoms with Crippen LogP contribution in [0.4, 0.5) is 5.69 Å². The van der Waals surface area contributed by atoms with Gasteiger partial charge < -0.3 is 10.5 Å². The summed E-state index contributed by atoms with van der Waals surface area (Å²) in [6, 6.07) is 5.50. The zero-order chi connectivity index (χ0) is 7.56. The second-order valence-corrected chi connectivity index (χ2v) is 2.80. The first-order valence-corrected chi connectivity index (χ1v) is 3.62. The number of hydrogen-bond acceptors (Lipinski definition) is 2. The van der Waals surface area contributed by atoms with Crippen molar-refractivity contribution >= 4 is 38.6 Å². The average molecular weight is 283 g/mol. The molecule has 0 saturated heterocycles. The fourth-order valence-electron chi connectivity index (χ4n) is 0.685. The summed E-state index contributed by atoms with van der Waals surface area (Å²) in [5.74, 6) is 0.703. The number of benzene rings is 1. The lowest BCUT2D eigenvalue weighted by molar-refractivity contribution is 0.416. The number of halogens is 2. The molecule has 0 aliphatic heterocycles. The molecule has 0 spiro atoms. The van der Waals surface area contributed by atoms with E-state index in [1.165, 1.54) is 0 Å². The third-order valence-electron chi connectivity index (χ3n) is 1.20. The fraction of sp³-hybridized carbons (Fsp3) is 0.143. The number of rotatable bonds is 1. The van der Waals surface area contributed by atoms with Gasteiger partial charge in [-0.3, -0.25) is 0 Å². The highest BCUT2D eigenvalue weighted by molar-refractivity contribution is 9.10. The van der Waals surface area contributed by atoms with E-state index in [9.17, 15) is 0 Å². The standard InChI is InChI=1S/C7H8BrNO.BrH/c1-10-7-4-5(8)2-3-6(7)9;/h2-4H,9H2,1H3;1H. The molecule has 4 heteroatoms. The zero-order valence-corrected chi connectivity index (χ0v) is 9.30. The van der Waals surface area contributed by atoms with Gasteiger partial charge in [0.25, 0.3) is 0 Å². The number of nitrogens with two attached hydrogens (primary N) is 1. The van der Waals surface area contributed by atoms with E-state index < -0.39 is 0 Å². The Morgan fingerprint density at radius 1 is 1.45 bits per heavy atom. The van der Waals surface area contributed by atoms with Gasteiger partial charge in [0.1, 0.15) is 5.75 Å². The number of nitrogen functional groups attached to an aromatic ring is 1. The summed E-state index contributed by atoms with van der Waals surface area (Å²) in [6.45, 7) is 0. The molecule has 0 saturated carbocycles. The van der Waals surface area contributed by atoms with Gasteiger partial charge in [-0.2, -0.15) is 0 Å². The number of anilines is 1. The van der Waals surface area contributed by atoms with Gasteiger partial charge in [0.2, 0.25) is 0 Å². The van der Waals surface area contributed by atoms with Crippen LogP contribution in [0.25, 0.3) is 0 Å². The Morgan fingerprint density at radius 3 is 2.55 bits per heavy atom. The second-order valence-electron chi connectivity index (χ2n) is 1.89. The quantitative estimate of drug-likeness (QED) is 0.804. The van der Waals surface area contributed by atoms with E-state index in [2.05, 4.69) is 15.9 Å². The molecule has 1 rings (SSSR count). The lowest BCUT2D eigenvalue weighted by Gasteiger charge is -2.02. The highest BCUT2D eigenvalue weighted by Gasteiger charge is 1.96. The Bertz CT molecular complexity index is 240. The fourth-order valence-corrected chi connectivity index (χ4v) is 1.03. The summed E-state index contributed by atoms with van der Waals surface area (Å²) in [5.41, 5.74) is 6.21. The lowest BCUT2D eigenvalue weighted by Crippen LogP contribution is -1.90. The summed E-state index contributed by atoms with van der Waals surface area (Å²) in [6.07, 6.45) is 0. The molecular weight excluding hydrogens is 274 g/mol. The third kappa shape index (κ3) is 2.71. The molecular formula is C7H9Br2NO. The van der Waals surface area contributed by atoms with Crippen LogP contribution in [0.2, 0.25) is 0 Å². The normalized spacial score (nSPS) is 8.55. The highest BCUT2D eigenvalue weighted by atomic mass is 79.9. The van der Waals surface area contributed by atoms with Crippen LogP contribution in [0.15, 0.2) is 22.7 Å². The van der Waals surface area contributed by atoms with Gasteiger partial charge in [0.05, 0.1) is 12.8 Å². The van der Waals surface area contributed by atoms with Gasteiger partial charge in [-0.1, -0.05) is 15.9 Å². The van der Waals surface area contributed by atoms with Crippen LogP contribution in [0.5, 0.6) is 5.75 Å². The molecule has 0 unspecified atom stereocenters. The van der Waals surface area contributed by atoms with Gasteiger partial charge >= 0.3 is 0 Å². The highest BCUT2D eigenvalue weighted by Crippen LogP contribution is 2.24. The Hall–Kier alpha value is -0.220. The van der Waals surface area contributed by atoms with Gasteiger partial charge in [0.15, 0.2) is 0 Å². The maximum absolute atomic E-state index is 5.55. The smallest absolute Gasteiger partial charge is 0.142 e. The lowest BCUT2D eigenvalue weighted by atomic mass is 10.3. The van der Waals surface area contributed by atoms with Crippen LogP contribution < -0.4 is 10.5 Å². The molecule has 62 valence electrons. The van der Waals surface area contributed by atoms with E-state index >= 15 is 0 Å². The summed E-state index contributed by atoms with van der Waals surface area (Å²) in [5, 5.41) is 0. The number of methoxy groups -OCH3 is 1. The zero-order valence-electron chi connectivity index (χ0n) is 6.00. The molecule has 0 aliphatic carbocycles. The van der Waals surface area contributed by atoms with Crippen molar-refractivity contribution in [3.8, 4) is 5.75 Å². The van der Waals surface area contributed by atoms with Crippen LogP contribution in [0.1, 0.15) is 0 Å². The van der Waals surface area contributed by atoms with Crippen molar-refractivity contribution in [2.45, 2.75) is 0 Å². The number of hydrogen-bond donors (Lipinski definition) is 1. The SMILES string of the molecule is Br.COc1cc(Br)ccc1N. The Balaban J connectivity index is 0.000001000. The maximum Gasteiger partial charge on any atom is 0.142 e. The van der Waals surface area contributed by atoms with Crippen LogP contribution in [0, 0.1) is 0 Å². The summed E-state index contributed by atoms with van der Waals surface area (Å²) < 4.78 is 5.94. The first-order chi connectivity index (χ1) is 4.74. The van der Waals surface area contributed by atoms with Crippen molar-refractivity contribution in [1.82, 2.24) is 0 Å². The van der Waals surface area contributed by atoms with Crippen molar-refractivity contribution < 1.29 is 4.74 Å². The average Bonchev–Trinajstić information content (AvgIpc) is 1.94. The van der Waals surface area contributed by atoms with Gasteiger partial charge in [-0.15, -0.1) is 17.0 Å². The largest absolute Gasteiger partial charge is 0.495 e. The molecule has 1 aromatic rings. The van der Waals surface area contributed by atoms with Crippen LogP contribution in [-0.4, -0.2) is 7.11 Å². The molecule has 0 heterocycles. The Morgan fingerprint density at radius 2 is 2.09 bits per heavy atom.